The van der Waals surface area contributed by atoms with Crippen molar-refractivity contribution >= 4 is 18.2 Å². The van der Waals surface area contributed by atoms with Gasteiger partial charge in [0.1, 0.15) is 29.6 Å². The summed E-state index contributed by atoms with van der Waals surface area (Å²) in [5, 5.41) is 14.7. The van der Waals surface area contributed by atoms with Crippen LogP contribution < -0.4 is 4.74 Å². The summed E-state index contributed by atoms with van der Waals surface area (Å²) >= 11 is 0. The molecule has 46 heavy (non-hydrogen) atoms. The molecular formula is C33H29FN10O2. The molecule has 230 valence electrons. The first-order chi connectivity index (χ1) is 22.4. The number of methoxy groups -OCH3 is 1. The molecule has 1 atom stereocenters. The van der Waals surface area contributed by atoms with Crippen LogP contribution in [-0.4, -0.2) is 56.6 Å². The fourth-order valence-corrected chi connectivity index (χ4v) is 5.32. The van der Waals surface area contributed by atoms with Crippen LogP contribution in [0.4, 0.5) is 9.18 Å². The number of nitrogens with zero attached hydrogens (tertiary/aromatic N) is 10. The molecule has 4 aromatic heterocycles. The number of ether oxygens (including phenoxy) is 1. The van der Waals surface area contributed by atoms with Gasteiger partial charge in [-0.15, -0.1) is 0 Å². The van der Waals surface area contributed by atoms with E-state index in [0.717, 1.165) is 23.4 Å². The predicted octanol–water partition coefficient (Wildman–Crippen LogP) is 5.29. The van der Waals surface area contributed by atoms with E-state index in [9.17, 15) is 14.4 Å². The lowest BCUT2D eigenvalue weighted by Gasteiger charge is -2.30. The fraction of sp³-hybridized carbons (Fsp3) is 0.182. The number of benzene rings is 2. The molecule has 0 spiro atoms. The molecule has 7 rings (SSSR count). The molecule has 0 fully saturated rings. The highest BCUT2D eigenvalue weighted by Gasteiger charge is 2.42. The van der Waals surface area contributed by atoms with Gasteiger partial charge in [-0.05, 0) is 61.2 Å². The van der Waals surface area contributed by atoms with Gasteiger partial charge in [-0.3, -0.25) is 9.13 Å². The Bertz CT molecular complexity index is 2000. The number of nitriles is 1. The Balaban J connectivity index is 0.000000259. The minimum absolute atomic E-state index is 0.190. The van der Waals surface area contributed by atoms with Gasteiger partial charge in [0.15, 0.2) is 11.6 Å². The number of halogens is 1. The van der Waals surface area contributed by atoms with Crippen molar-refractivity contribution in [3.63, 3.8) is 0 Å². The highest BCUT2D eigenvalue weighted by atomic mass is 19.1. The third-order valence-corrected chi connectivity index (χ3v) is 7.57. The van der Waals surface area contributed by atoms with Crippen LogP contribution in [0.5, 0.6) is 5.75 Å². The molecule has 0 saturated heterocycles. The summed E-state index contributed by atoms with van der Waals surface area (Å²) < 4.78 is 26.0. The van der Waals surface area contributed by atoms with Gasteiger partial charge in [-0.2, -0.15) is 10.4 Å². The summed E-state index contributed by atoms with van der Waals surface area (Å²) in [4.78, 5) is 27.9. The van der Waals surface area contributed by atoms with Crippen molar-refractivity contribution in [1.82, 2.24) is 43.4 Å². The van der Waals surface area contributed by atoms with Gasteiger partial charge in [-0.1, -0.05) is 24.3 Å². The Hall–Kier alpha value is -6.16. The number of carbonyl (C=O) groups excluding carboxylic acids is 1. The van der Waals surface area contributed by atoms with Crippen LogP contribution in [0, 0.1) is 24.1 Å². The first-order valence-corrected chi connectivity index (χ1v) is 14.4. The molecule has 2 aromatic carbocycles. The SMILES string of the molecule is COc1cc(C=Cc2nc3n(n2)CCCC3(C#N)c2cccc(F)c2)ccc1-n1cnc(C)c1.O=C(n1ccnc1)n1ccnc1. The van der Waals surface area contributed by atoms with Crippen LogP contribution in [0.15, 0.2) is 92.4 Å². The molecule has 1 unspecified atom stereocenters. The second kappa shape index (κ2) is 12.8. The molecule has 0 aliphatic carbocycles. The van der Waals surface area contributed by atoms with Crippen molar-refractivity contribution in [3.8, 4) is 17.5 Å². The van der Waals surface area contributed by atoms with E-state index in [1.54, 1.807) is 55.0 Å². The van der Waals surface area contributed by atoms with Crippen molar-refractivity contribution in [3.05, 3.63) is 127 Å². The van der Waals surface area contributed by atoms with Crippen LogP contribution in [0.25, 0.3) is 17.8 Å². The minimum Gasteiger partial charge on any atom is -0.495 e. The van der Waals surface area contributed by atoms with Gasteiger partial charge in [-0.25, -0.2) is 33.8 Å². The van der Waals surface area contributed by atoms with Crippen LogP contribution in [0.2, 0.25) is 0 Å². The standard InChI is InChI=1S/C26H23FN6O.C7H6N4O/c1-18-15-32(17-29-18)22-9-7-19(13-23(22)34-2)8-10-24-30-25-26(16-28,11-4-12-33(25)31-24)20-5-3-6-21(27)14-20;12-7(10-3-1-8-5-10)11-4-2-9-6-11/h3,5-10,13-15,17H,4,11-12H2,1-2H3;1-6H. The summed E-state index contributed by atoms with van der Waals surface area (Å²) in [5.74, 6) is 1.40. The van der Waals surface area contributed by atoms with E-state index in [-0.39, 0.29) is 11.8 Å². The lowest BCUT2D eigenvalue weighted by molar-refractivity contribution is 0.244. The molecule has 0 saturated carbocycles. The highest BCUT2D eigenvalue weighted by molar-refractivity contribution is 5.78. The molecule has 13 heteroatoms. The molecule has 12 nitrogen and oxygen atoms in total. The summed E-state index contributed by atoms with van der Waals surface area (Å²) in [7, 11) is 1.63. The van der Waals surface area contributed by atoms with Gasteiger partial charge in [0, 0.05) is 37.5 Å². The van der Waals surface area contributed by atoms with Crippen molar-refractivity contribution < 1.29 is 13.9 Å². The molecule has 0 bridgehead atoms. The second-order valence-electron chi connectivity index (χ2n) is 10.6. The van der Waals surface area contributed by atoms with E-state index >= 15 is 0 Å². The zero-order valence-electron chi connectivity index (χ0n) is 25.1. The number of rotatable bonds is 5. The molecule has 5 heterocycles. The molecule has 1 aliphatic rings. The van der Waals surface area contributed by atoms with Crippen molar-refractivity contribution in [2.45, 2.75) is 31.7 Å². The Morgan fingerprint density at radius 2 is 1.85 bits per heavy atom. The van der Waals surface area contributed by atoms with E-state index in [1.165, 1.54) is 33.9 Å². The van der Waals surface area contributed by atoms with Gasteiger partial charge >= 0.3 is 6.03 Å². The van der Waals surface area contributed by atoms with E-state index in [1.807, 2.05) is 48.0 Å². The number of hydrogen-bond acceptors (Lipinski definition) is 8. The topological polar surface area (TPSA) is 134 Å². The predicted molar refractivity (Wildman–Crippen MR) is 166 cm³/mol. The van der Waals surface area contributed by atoms with Crippen LogP contribution in [0.3, 0.4) is 0 Å². The smallest absolute Gasteiger partial charge is 0.338 e. The largest absolute Gasteiger partial charge is 0.495 e. The lowest BCUT2D eigenvalue weighted by Crippen LogP contribution is -2.34. The molecule has 0 N–H and O–H groups in total. The number of fused-ring (bicyclic) bond motifs is 1. The summed E-state index contributed by atoms with van der Waals surface area (Å²) in [6, 6.07) is 14.3. The summed E-state index contributed by atoms with van der Waals surface area (Å²) in [5.41, 5.74) is 2.32. The molecule has 0 amide bonds. The molecule has 1 aliphatic heterocycles. The van der Waals surface area contributed by atoms with E-state index in [2.05, 4.69) is 31.1 Å². The third kappa shape index (κ3) is 5.96. The van der Waals surface area contributed by atoms with E-state index in [0.29, 0.717) is 35.9 Å². The average Bonchev–Trinajstić information content (AvgIpc) is 3.91. The zero-order valence-corrected chi connectivity index (χ0v) is 25.1. The Morgan fingerprint density at radius 3 is 2.48 bits per heavy atom. The van der Waals surface area contributed by atoms with Crippen LogP contribution in [-0.2, 0) is 12.0 Å². The Morgan fingerprint density at radius 1 is 1.07 bits per heavy atom. The number of imidazole rings is 3. The minimum atomic E-state index is -1.02. The maximum atomic E-state index is 13.9. The third-order valence-electron chi connectivity index (χ3n) is 7.57. The van der Waals surface area contributed by atoms with E-state index in [4.69, 9.17) is 4.74 Å². The second-order valence-corrected chi connectivity index (χ2v) is 10.6. The maximum Gasteiger partial charge on any atom is 0.338 e. The fourth-order valence-electron chi connectivity index (χ4n) is 5.32. The summed E-state index contributed by atoms with van der Waals surface area (Å²) in [6.45, 7) is 2.61. The first kappa shape index (κ1) is 29.9. The summed E-state index contributed by atoms with van der Waals surface area (Å²) in [6.07, 6.45) is 17.9. The first-order valence-electron chi connectivity index (χ1n) is 14.4. The Kier molecular flexibility index (Phi) is 8.34. The van der Waals surface area contributed by atoms with Gasteiger partial charge in [0.2, 0.25) is 0 Å². The van der Waals surface area contributed by atoms with Crippen molar-refractivity contribution in [1.29, 1.82) is 5.26 Å². The molecular weight excluding hydrogens is 587 g/mol. The molecule has 6 aromatic rings. The van der Waals surface area contributed by atoms with Gasteiger partial charge < -0.3 is 9.30 Å². The van der Waals surface area contributed by atoms with Gasteiger partial charge in [0.25, 0.3) is 0 Å². The van der Waals surface area contributed by atoms with E-state index < -0.39 is 5.41 Å². The normalized spacial score (nSPS) is 15.5. The van der Waals surface area contributed by atoms with Crippen molar-refractivity contribution in [2.24, 2.45) is 0 Å². The zero-order chi connectivity index (χ0) is 32.1. The van der Waals surface area contributed by atoms with Crippen LogP contribution in [0.1, 0.15) is 41.3 Å². The van der Waals surface area contributed by atoms with Crippen molar-refractivity contribution in [2.75, 3.05) is 7.11 Å². The monoisotopic (exact) mass is 616 g/mol. The average molecular weight is 617 g/mol. The number of aryl methyl sites for hydroxylation is 2. The number of aromatic nitrogens is 9. The number of carbonyl (C=O) groups is 1. The maximum absolute atomic E-state index is 13.9. The quantitative estimate of drug-likeness (QED) is 0.255. The lowest BCUT2D eigenvalue weighted by atomic mass is 9.75. The molecule has 0 radical (unpaired) electrons. The van der Waals surface area contributed by atoms with Gasteiger partial charge in [0.05, 0.1) is 30.9 Å². The highest BCUT2D eigenvalue weighted by Crippen LogP contribution is 2.39. The Labute approximate surface area is 263 Å². The number of hydrogen-bond donors (Lipinski definition) is 0. The van der Waals surface area contributed by atoms with Crippen LogP contribution >= 0.6 is 0 Å².